The molecular formula is C34H37F3N6O2S. The van der Waals surface area contributed by atoms with E-state index in [0.717, 1.165) is 60.0 Å². The number of aryl methyl sites for hydroxylation is 2. The molecule has 2 heterocycles. The highest BCUT2D eigenvalue weighted by molar-refractivity contribution is 8.14. The summed E-state index contributed by atoms with van der Waals surface area (Å²) < 4.78 is 42.7. The van der Waals surface area contributed by atoms with Crippen molar-refractivity contribution in [1.82, 2.24) is 20.1 Å². The van der Waals surface area contributed by atoms with Crippen molar-refractivity contribution in [3.05, 3.63) is 89.7 Å². The van der Waals surface area contributed by atoms with Crippen molar-refractivity contribution < 1.29 is 22.7 Å². The molecule has 12 heteroatoms. The van der Waals surface area contributed by atoms with Gasteiger partial charge in [-0.05, 0) is 79.1 Å². The molecule has 0 aliphatic carbocycles. The lowest BCUT2D eigenvalue weighted by Gasteiger charge is -2.22. The van der Waals surface area contributed by atoms with Crippen molar-refractivity contribution >= 4 is 28.6 Å². The number of alkyl halides is 3. The van der Waals surface area contributed by atoms with Crippen molar-refractivity contribution in [2.24, 2.45) is 10.9 Å². The Morgan fingerprint density at radius 2 is 1.87 bits per heavy atom. The fraction of sp³-hybridized carbons (Fsp3) is 0.353. The van der Waals surface area contributed by atoms with E-state index in [0.29, 0.717) is 24.0 Å². The van der Waals surface area contributed by atoms with Gasteiger partial charge in [-0.25, -0.2) is 14.5 Å². The van der Waals surface area contributed by atoms with E-state index in [4.69, 9.17) is 0 Å². The topological polar surface area (TPSA) is 84.6 Å². The summed E-state index contributed by atoms with van der Waals surface area (Å²) in [4.78, 5) is 23.7. The number of nitrogens with zero attached hydrogens (tertiary/aromatic N) is 5. The largest absolute Gasteiger partial charge is 0.573 e. The molecule has 1 unspecified atom stereocenters. The number of amides is 2. The molecule has 1 aliphatic rings. The van der Waals surface area contributed by atoms with Crippen LogP contribution in [0.15, 0.2) is 78.0 Å². The van der Waals surface area contributed by atoms with E-state index in [9.17, 15) is 18.0 Å². The number of ether oxygens (including phenoxy) is 1. The van der Waals surface area contributed by atoms with Gasteiger partial charge >= 0.3 is 12.4 Å². The molecule has 1 saturated heterocycles. The van der Waals surface area contributed by atoms with Gasteiger partial charge in [-0.3, -0.25) is 0 Å². The van der Waals surface area contributed by atoms with E-state index in [1.165, 1.54) is 46.4 Å². The first-order chi connectivity index (χ1) is 22.1. The Labute approximate surface area is 271 Å². The van der Waals surface area contributed by atoms with E-state index < -0.39 is 6.36 Å². The summed E-state index contributed by atoms with van der Waals surface area (Å²) in [5.41, 5.74) is 6.16. The van der Waals surface area contributed by atoms with Crippen LogP contribution in [0.4, 0.5) is 23.7 Å². The molecule has 46 heavy (non-hydrogen) atoms. The Balaban J connectivity index is 1.10. The first kappa shape index (κ1) is 33.1. The second kappa shape index (κ2) is 14.8. The molecule has 0 bridgehead atoms. The summed E-state index contributed by atoms with van der Waals surface area (Å²) in [6.45, 7) is 7.79. The van der Waals surface area contributed by atoms with Crippen molar-refractivity contribution in [1.29, 1.82) is 0 Å². The number of anilines is 1. The molecular weight excluding hydrogens is 613 g/mol. The summed E-state index contributed by atoms with van der Waals surface area (Å²) in [7, 11) is 0. The second-order valence-electron chi connectivity index (χ2n) is 11.4. The zero-order valence-electron chi connectivity index (χ0n) is 26.1. The average molecular weight is 651 g/mol. The fourth-order valence-electron chi connectivity index (χ4n) is 5.29. The van der Waals surface area contributed by atoms with Gasteiger partial charge in [-0.2, -0.15) is 4.99 Å². The molecule has 4 aromatic rings. The predicted molar refractivity (Wildman–Crippen MR) is 177 cm³/mol. The quantitative estimate of drug-likeness (QED) is 0.177. The Bertz CT molecular complexity index is 1650. The highest BCUT2D eigenvalue weighted by Gasteiger charge is 2.31. The van der Waals surface area contributed by atoms with Crippen LogP contribution in [-0.2, 0) is 12.8 Å². The number of benzene rings is 3. The molecule has 3 aromatic carbocycles. The van der Waals surface area contributed by atoms with Crippen LogP contribution in [0, 0.1) is 12.8 Å². The van der Waals surface area contributed by atoms with Gasteiger partial charge in [0.25, 0.3) is 0 Å². The first-order valence-corrected chi connectivity index (χ1v) is 16.3. The molecule has 1 N–H and O–H groups in total. The van der Waals surface area contributed by atoms with Crippen molar-refractivity contribution in [2.75, 3.05) is 23.7 Å². The third-order valence-electron chi connectivity index (χ3n) is 7.56. The lowest BCUT2D eigenvalue weighted by Crippen LogP contribution is -2.29. The maximum Gasteiger partial charge on any atom is 0.573 e. The lowest BCUT2D eigenvalue weighted by molar-refractivity contribution is -0.274. The molecule has 242 valence electrons. The third kappa shape index (κ3) is 8.90. The maximum atomic E-state index is 12.7. The fourth-order valence-corrected chi connectivity index (χ4v) is 6.24. The number of aromatic nitrogens is 3. The monoisotopic (exact) mass is 650 g/mol. The molecule has 1 aliphatic heterocycles. The van der Waals surface area contributed by atoms with Crippen molar-refractivity contribution in [3.8, 4) is 22.8 Å². The minimum atomic E-state index is -4.74. The van der Waals surface area contributed by atoms with Gasteiger partial charge in [0, 0.05) is 30.1 Å². The number of halogens is 3. The minimum absolute atomic E-state index is 0.299. The number of thioether (sulfide) groups is 1. The third-order valence-corrected chi connectivity index (χ3v) is 8.52. The number of nitrogens with one attached hydrogen (secondary N) is 1. The maximum absolute atomic E-state index is 12.7. The van der Waals surface area contributed by atoms with E-state index in [1.54, 1.807) is 11.8 Å². The summed E-state index contributed by atoms with van der Waals surface area (Å²) in [5, 5.41) is 8.18. The minimum Gasteiger partial charge on any atom is -0.406 e. The molecule has 0 radical (unpaired) electrons. The number of amidine groups is 1. The van der Waals surface area contributed by atoms with Gasteiger partial charge in [0.2, 0.25) is 0 Å². The zero-order chi connectivity index (χ0) is 32.7. The van der Waals surface area contributed by atoms with E-state index in [2.05, 4.69) is 69.0 Å². The molecule has 1 atom stereocenters. The van der Waals surface area contributed by atoms with Crippen LogP contribution >= 0.6 is 11.8 Å². The SMILES string of the molecule is CCCc1ccc(C)cc1N1CCSC1=NC(=O)NCCC(C)Cc1ccc(-c2ncn(-c3ccc(OC(F)(F)F)cc3)n2)cc1. The molecule has 0 spiro atoms. The van der Waals surface area contributed by atoms with E-state index >= 15 is 0 Å². The van der Waals surface area contributed by atoms with E-state index in [-0.39, 0.29) is 11.8 Å². The van der Waals surface area contributed by atoms with Gasteiger partial charge in [0.15, 0.2) is 11.0 Å². The Hall–Kier alpha value is -4.32. The number of carbonyl (C=O) groups excluding carboxylic acids is 1. The van der Waals surface area contributed by atoms with Gasteiger partial charge in [-0.15, -0.1) is 18.3 Å². The lowest BCUT2D eigenvalue weighted by atomic mass is 9.97. The second-order valence-corrected chi connectivity index (χ2v) is 12.4. The normalized spacial score (nSPS) is 14.9. The number of hydrogen-bond acceptors (Lipinski definition) is 5. The smallest absolute Gasteiger partial charge is 0.406 e. The van der Waals surface area contributed by atoms with Crippen LogP contribution in [0.25, 0.3) is 17.1 Å². The van der Waals surface area contributed by atoms with Gasteiger partial charge in [0.1, 0.15) is 12.1 Å². The van der Waals surface area contributed by atoms with Crippen LogP contribution in [0.3, 0.4) is 0 Å². The van der Waals surface area contributed by atoms with Crippen LogP contribution < -0.4 is 15.0 Å². The predicted octanol–water partition coefficient (Wildman–Crippen LogP) is 7.98. The average Bonchev–Trinajstić information content (AvgIpc) is 3.69. The van der Waals surface area contributed by atoms with Gasteiger partial charge < -0.3 is 15.0 Å². The van der Waals surface area contributed by atoms with Crippen LogP contribution in [0.5, 0.6) is 5.75 Å². The van der Waals surface area contributed by atoms with E-state index in [1.807, 2.05) is 24.3 Å². The zero-order valence-corrected chi connectivity index (χ0v) is 26.9. The van der Waals surface area contributed by atoms with Crippen LogP contribution in [0.1, 0.15) is 43.4 Å². The Kier molecular flexibility index (Phi) is 10.7. The molecule has 1 aromatic heterocycles. The Morgan fingerprint density at radius 3 is 2.59 bits per heavy atom. The summed E-state index contributed by atoms with van der Waals surface area (Å²) in [6.07, 6.45) is 0.475. The van der Waals surface area contributed by atoms with Crippen LogP contribution in [-0.4, -0.2) is 51.2 Å². The highest BCUT2D eigenvalue weighted by atomic mass is 32.2. The molecule has 1 fully saturated rings. The van der Waals surface area contributed by atoms with Gasteiger partial charge in [-0.1, -0.05) is 68.4 Å². The molecule has 2 amide bonds. The van der Waals surface area contributed by atoms with Crippen LogP contribution in [0.2, 0.25) is 0 Å². The number of urea groups is 1. The highest BCUT2D eigenvalue weighted by Crippen LogP contribution is 2.31. The number of aliphatic imine (C=N–C) groups is 1. The summed E-state index contributed by atoms with van der Waals surface area (Å²) in [6, 6.07) is 19.6. The van der Waals surface area contributed by atoms with Crippen molar-refractivity contribution in [3.63, 3.8) is 0 Å². The molecule has 5 rings (SSSR count). The molecule has 8 nitrogen and oxygen atoms in total. The summed E-state index contributed by atoms with van der Waals surface area (Å²) >= 11 is 1.62. The first-order valence-electron chi connectivity index (χ1n) is 15.3. The summed E-state index contributed by atoms with van der Waals surface area (Å²) in [5.74, 6) is 1.44. The number of rotatable bonds is 11. The molecule has 0 saturated carbocycles. The van der Waals surface area contributed by atoms with Crippen molar-refractivity contribution in [2.45, 2.75) is 52.8 Å². The van der Waals surface area contributed by atoms with Gasteiger partial charge in [0.05, 0.1) is 5.69 Å². The standard InChI is InChI=1S/C34H37F3N6O2S/c1-4-5-26-9-6-23(2)21-30(26)42-18-19-46-33(42)40-32(44)38-17-16-24(3)20-25-7-10-27(11-8-25)31-39-22-43(41-31)28-12-14-29(15-13-28)45-34(35,36)37/h6-15,21-22,24H,4-5,16-20H2,1-3H3,(H,38,44). The Morgan fingerprint density at radius 1 is 1.11 bits per heavy atom. The number of hydrogen-bond donors (Lipinski definition) is 1. The number of carbonyl (C=O) groups is 1.